The molecule has 1 aliphatic heterocycles. The van der Waals surface area contributed by atoms with Crippen molar-refractivity contribution in [2.75, 3.05) is 39.9 Å². The monoisotopic (exact) mass is 400 g/mol. The van der Waals surface area contributed by atoms with Gasteiger partial charge in [-0.15, -0.1) is 0 Å². The van der Waals surface area contributed by atoms with Crippen LogP contribution < -0.4 is 10.6 Å². The van der Waals surface area contributed by atoms with Gasteiger partial charge in [0.15, 0.2) is 5.96 Å². The van der Waals surface area contributed by atoms with Crippen LogP contribution >= 0.6 is 11.6 Å². The van der Waals surface area contributed by atoms with Crippen LogP contribution in [0.15, 0.2) is 53.5 Å². The minimum Gasteiger partial charge on any atom is -0.379 e. The summed E-state index contributed by atoms with van der Waals surface area (Å²) in [6.07, 6.45) is 0.922. The van der Waals surface area contributed by atoms with Crippen LogP contribution in [0, 0.1) is 0 Å². The Kier molecular flexibility index (Phi) is 8.15. The van der Waals surface area contributed by atoms with Crippen molar-refractivity contribution in [2.45, 2.75) is 19.5 Å². The Labute approximate surface area is 172 Å². The second-order valence-electron chi connectivity index (χ2n) is 6.89. The van der Waals surface area contributed by atoms with Crippen LogP contribution in [0.3, 0.4) is 0 Å². The van der Waals surface area contributed by atoms with Crippen molar-refractivity contribution >= 4 is 17.6 Å². The van der Waals surface area contributed by atoms with Gasteiger partial charge in [0, 0.05) is 44.8 Å². The molecule has 0 saturated carbocycles. The van der Waals surface area contributed by atoms with Crippen LogP contribution in [-0.2, 0) is 24.2 Å². The summed E-state index contributed by atoms with van der Waals surface area (Å²) < 4.78 is 5.45. The van der Waals surface area contributed by atoms with Gasteiger partial charge in [-0.3, -0.25) is 9.89 Å². The van der Waals surface area contributed by atoms with Crippen LogP contribution in [0.4, 0.5) is 0 Å². The molecule has 2 N–H and O–H groups in total. The van der Waals surface area contributed by atoms with Gasteiger partial charge >= 0.3 is 0 Å². The van der Waals surface area contributed by atoms with E-state index in [0.717, 1.165) is 63.3 Å². The second kappa shape index (κ2) is 11.1. The van der Waals surface area contributed by atoms with E-state index in [1.54, 1.807) is 7.05 Å². The van der Waals surface area contributed by atoms with Crippen molar-refractivity contribution in [3.05, 3.63) is 70.2 Å². The predicted molar refractivity (Wildman–Crippen MR) is 116 cm³/mol. The average molecular weight is 401 g/mol. The third-order valence-electron chi connectivity index (χ3n) is 4.91. The van der Waals surface area contributed by atoms with E-state index in [0.29, 0.717) is 0 Å². The summed E-state index contributed by atoms with van der Waals surface area (Å²) in [5.41, 5.74) is 3.91. The van der Waals surface area contributed by atoms with Gasteiger partial charge in [-0.25, -0.2) is 0 Å². The summed E-state index contributed by atoms with van der Waals surface area (Å²) in [7, 11) is 1.80. The number of hydrogen-bond acceptors (Lipinski definition) is 3. The topological polar surface area (TPSA) is 48.9 Å². The highest BCUT2D eigenvalue weighted by Gasteiger charge is 2.12. The molecule has 1 heterocycles. The van der Waals surface area contributed by atoms with E-state index in [2.05, 4.69) is 56.9 Å². The van der Waals surface area contributed by atoms with E-state index >= 15 is 0 Å². The number of nitrogens with zero attached hydrogens (tertiary/aromatic N) is 2. The fraction of sp³-hybridized carbons (Fsp3) is 0.409. The zero-order valence-electron chi connectivity index (χ0n) is 16.5. The molecule has 2 aromatic rings. The number of aliphatic imine (C=N–C) groups is 1. The standard InChI is InChI=1S/C22H29ClN4O/c1-24-22(25-11-10-18-6-8-21(23)9-7-18)26-16-19-4-2-3-5-20(19)17-27-12-14-28-15-13-27/h2-9H,10-17H2,1H3,(H2,24,25,26). The Morgan fingerprint density at radius 2 is 1.75 bits per heavy atom. The van der Waals surface area contributed by atoms with Gasteiger partial charge in [-0.1, -0.05) is 48.0 Å². The smallest absolute Gasteiger partial charge is 0.191 e. The first-order chi connectivity index (χ1) is 13.7. The Morgan fingerprint density at radius 3 is 2.46 bits per heavy atom. The molecule has 3 rings (SSSR count). The molecular formula is C22H29ClN4O. The second-order valence-corrected chi connectivity index (χ2v) is 7.32. The molecule has 6 heteroatoms. The third kappa shape index (κ3) is 6.51. The van der Waals surface area contributed by atoms with Crippen molar-refractivity contribution in [3.8, 4) is 0 Å². The Balaban J connectivity index is 1.48. The predicted octanol–water partition coefficient (Wildman–Crippen LogP) is 3.08. The molecule has 1 fully saturated rings. The maximum absolute atomic E-state index is 5.94. The average Bonchev–Trinajstić information content (AvgIpc) is 2.73. The SMILES string of the molecule is CN=C(NCCc1ccc(Cl)cc1)NCc1ccccc1CN1CCOCC1. The summed E-state index contributed by atoms with van der Waals surface area (Å²) in [6, 6.07) is 16.6. The van der Waals surface area contributed by atoms with E-state index in [1.165, 1.54) is 16.7 Å². The lowest BCUT2D eigenvalue weighted by Crippen LogP contribution is -2.38. The molecule has 0 unspecified atom stereocenters. The molecule has 0 atom stereocenters. The summed E-state index contributed by atoms with van der Waals surface area (Å²) in [5, 5.41) is 7.58. The van der Waals surface area contributed by atoms with Gasteiger partial charge in [-0.05, 0) is 35.2 Å². The molecule has 28 heavy (non-hydrogen) atoms. The highest BCUT2D eigenvalue weighted by molar-refractivity contribution is 6.30. The quantitative estimate of drug-likeness (QED) is 0.554. The maximum atomic E-state index is 5.94. The third-order valence-corrected chi connectivity index (χ3v) is 5.16. The Hall–Kier alpha value is -2.08. The Morgan fingerprint density at radius 1 is 1.04 bits per heavy atom. The molecule has 150 valence electrons. The van der Waals surface area contributed by atoms with Crippen molar-refractivity contribution in [3.63, 3.8) is 0 Å². The lowest BCUT2D eigenvalue weighted by atomic mass is 10.1. The lowest BCUT2D eigenvalue weighted by molar-refractivity contribution is 0.0341. The maximum Gasteiger partial charge on any atom is 0.191 e. The number of hydrogen-bond donors (Lipinski definition) is 2. The molecule has 0 aliphatic carbocycles. The van der Waals surface area contributed by atoms with Gasteiger partial charge in [-0.2, -0.15) is 0 Å². The molecule has 0 bridgehead atoms. The molecule has 1 saturated heterocycles. The molecular weight excluding hydrogens is 372 g/mol. The van der Waals surface area contributed by atoms with Crippen LogP contribution in [0.5, 0.6) is 0 Å². The highest BCUT2D eigenvalue weighted by atomic mass is 35.5. The van der Waals surface area contributed by atoms with E-state index < -0.39 is 0 Å². The number of morpholine rings is 1. The minimum absolute atomic E-state index is 0.751. The first-order valence-corrected chi connectivity index (χ1v) is 10.2. The fourth-order valence-corrected chi connectivity index (χ4v) is 3.39. The summed E-state index contributed by atoms with van der Waals surface area (Å²) in [6.45, 7) is 6.17. The summed E-state index contributed by atoms with van der Waals surface area (Å²) in [4.78, 5) is 6.79. The van der Waals surface area contributed by atoms with E-state index in [4.69, 9.17) is 16.3 Å². The zero-order valence-corrected chi connectivity index (χ0v) is 17.2. The number of guanidine groups is 1. The van der Waals surface area contributed by atoms with Gasteiger partial charge in [0.1, 0.15) is 0 Å². The van der Waals surface area contributed by atoms with E-state index in [1.807, 2.05) is 12.1 Å². The highest BCUT2D eigenvalue weighted by Crippen LogP contribution is 2.13. The fourth-order valence-electron chi connectivity index (χ4n) is 3.26. The summed E-state index contributed by atoms with van der Waals surface area (Å²) >= 11 is 5.94. The minimum atomic E-state index is 0.751. The Bertz CT molecular complexity index is 757. The molecule has 2 aromatic carbocycles. The molecule has 0 aromatic heterocycles. The van der Waals surface area contributed by atoms with E-state index in [9.17, 15) is 0 Å². The number of rotatable bonds is 7. The number of nitrogens with one attached hydrogen (secondary N) is 2. The molecule has 5 nitrogen and oxygen atoms in total. The molecule has 1 aliphatic rings. The molecule has 0 spiro atoms. The first-order valence-electron chi connectivity index (χ1n) is 9.80. The van der Waals surface area contributed by atoms with Gasteiger partial charge in [0.05, 0.1) is 13.2 Å². The van der Waals surface area contributed by atoms with Gasteiger partial charge in [0.2, 0.25) is 0 Å². The largest absolute Gasteiger partial charge is 0.379 e. The zero-order chi connectivity index (χ0) is 19.6. The number of benzene rings is 2. The van der Waals surface area contributed by atoms with Crippen LogP contribution in [0.1, 0.15) is 16.7 Å². The van der Waals surface area contributed by atoms with Crippen LogP contribution in [-0.4, -0.2) is 50.8 Å². The summed E-state index contributed by atoms with van der Waals surface area (Å²) in [5.74, 6) is 0.815. The van der Waals surface area contributed by atoms with Crippen molar-refractivity contribution in [2.24, 2.45) is 4.99 Å². The normalized spacial score (nSPS) is 15.4. The molecule has 0 radical (unpaired) electrons. The van der Waals surface area contributed by atoms with Gasteiger partial charge < -0.3 is 15.4 Å². The van der Waals surface area contributed by atoms with Crippen molar-refractivity contribution < 1.29 is 4.74 Å². The first kappa shape index (κ1) is 20.6. The van der Waals surface area contributed by atoms with Crippen LogP contribution in [0.25, 0.3) is 0 Å². The van der Waals surface area contributed by atoms with Crippen molar-refractivity contribution in [1.29, 1.82) is 0 Å². The van der Waals surface area contributed by atoms with Crippen LogP contribution in [0.2, 0.25) is 5.02 Å². The molecule has 0 amide bonds. The number of halogens is 1. The van der Waals surface area contributed by atoms with Gasteiger partial charge in [0.25, 0.3) is 0 Å². The van der Waals surface area contributed by atoms with Crippen molar-refractivity contribution in [1.82, 2.24) is 15.5 Å². The van der Waals surface area contributed by atoms with E-state index in [-0.39, 0.29) is 0 Å². The lowest BCUT2D eigenvalue weighted by Gasteiger charge is -2.27. The number of ether oxygens (including phenoxy) is 1.